The maximum Gasteiger partial charge on any atom is 0.407 e. The van der Waals surface area contributed by atoms with Gasteiger partial charge in [-0.05, 0) is 66.3 Å². The Hall–Kier alpha value is -3.68. The molecule has 2 fully saturated rings. The highest BCUT2D eigenvalue weighted by Gasteiger charge is 2.44. The minimum atomic E-state index is -3.99. The molecule has 0 saturated carbocycles. The molecule has 2 N–H and O–H groups in total. The molecule has 1 amide bonds. The topological polar surface area (TPSA) is 133 Å². The fraction of sp³-hybridized carbons (Fsp3) is 0.457. The molecule has 2 aliphatic heterocycles. The van der Waals surface area contributed by atoms with Crippen LogP contribution in [0.15, 0.2) is 83.8 Å². The van der Waals surface area contributed by atoms with Crippen LogP contribution in [0.1, 0.15) is 31.4 Å². The van der Waals surface area contributed by atoms with Gasteiger partial charge in [-0.25, -0.2) is 13.2 Å². The molecule has 3 aromatic rings. The molecule has 0 aromatic heterocycles. The number of hydrogen-bond acceptors (Lipinski definition) is 9. The quantitative estimate of drug-likeness (QED) is 0.242. The zero-order chi connectivity index (χ0) is 33.4. The summed E-state index contributed by atoms with van der Waals surface area (Å²) in [5.74, 6) is 1.12. The summed E-state index contributed by atoms with van der Waals surface area (Å²) in [6, 6.07) is 22.4. The number of hydrogen-bond donors (Lipinski definition) is 2. The summed E-state index contributed by atoms with van der Waals surface area (Å²) in [5, 5.41) is 14.4. The molecule has 11 nitrogen and oxygen atoms in total. The van der Waals surface area contributed by atoms with E-state index in [0.29, 0.717) is 24.7 Å². The third-order valence-electron chi connectivity index (χ3n) is 8.30. The van der Waals surface area contributed by atoms with E-state index >= 15 is 0 Å². The molecule has 3 aromatic carbocycles. The first-order valence-corrected chi connectivity index (χ1v) is 17.3. The van der Waals surface area contributed by atoms with Crippen molar-refractivity contribution in [2.75, 3.05) is 33.4 Å². The highest BCUT2D eigenvalue weighted by molar-refractivity contribution is 7.89. The predicted molar refractivity (Wildman–Crippen MR) is 175 cm³/mol. The van der Waals surface area contributed by atoms with Gasteiger partial charge in [-0.1, -0.05) is 56.3 Å². The van der Waals surface area contributed by atoms with Crippen LogP contribution in [0.4, 0.5) is 4.79 Å². The van der Waals surface area contributed by atoms with Crippen LogP contribution >= 0.6 is 0 Å². The smallest absolute Gasteiger partial charge is 0.407 e. The fourth-order valence-electron chi connectivity index (χ4n) is 5.78. The van der Waals surface area contributed by atoms with Crippen molar-refractivity contribution < 1.29 is 42.0 Å². The Labute approximate surface area is 276 Å². The van der Waals surface area contributed by atoms with Gasteiger partial charge in [-0.2, -0.15) is 4.31 Å². The van der Waals surface area contributed by atoms with Crippen molar-refractivity contribution in [3.63, 3.8) is 0 Å². The van der Waals surface area contributed by atoms with Crippen LogP contribution in [0, 0.1) is 11.8 Å². The van der Waals surface area contributed by atoms with Gasteiger partial charge in [0.2, 0.25) is 10.0 Å². The summed E-state index contributed by atoms with van der Waals surface area (Å²) >= 11 is 0. The third-order valence-corrected chi connectivity index (χ3v) is 10.1. The van der Waals surface area contributed by atoms with Gasteiger partial charge in [0.25, 0.3) is 0 Å². The lowest BCUT2D eigenvalue weighted by molar-refractivity contribution is -0.0907. The zero-order valence-corrected chi connectivity index (χ0v) is 27.8. The lowest BCUT2D eigenvalue weighted by Crippen LogP contribution is -2.51. The third kappa shape index (κ3) is 9.23. The minimum absolute atomic E-state index is 0.0287. The summed E-state index contributed by atoms with van der Waals surface area (Å²) in [5.41, 5.74) is 1.85. The van der Waals surface area contributed by atoms with Gasteiger partial charge in [-0.3, -0.25) is 0 Å². The van der Waals surface area contributed by atoms with E-state index < -0.39 is 34.4 Å². The number of aliphatic hydroxyl groups is 1. The summed E-state index contributed by atoms with van der Waals surface area (Å²) < 4.78 is 56.8. The van der Waals surface area contributed by atoms with E-state index in [4.69, 9.17) is 23.7 Å². The highest BCUT2D eigenvalue weighted by atomic mass is 32.2. The van der Waals surface area contributed by atoms with Crippen molar-refractivity contribution in [1.82, 2.24) is 9.62 Å². The summed E-state index contributed by atoms with van der Waals surface area (Å²) in [4.78, 5) is 13.3. The van der Waals surface area contributed by atoms with Gasteiger partial charge in [0.05, 0.1) is 43.3 Å². The molecule has 1 unspecified atom stereocenters. The van der Waals surface area contributed by atoms with Crippen molar-refractivity contribution >= 4 is 16.1 Å². The summed E-state index contributed by atoms with van der Waals surface area (Å²) in [6.07, 6.45) is -1.92. The van der Waals surface area contributed by atoms with Crippen LogP contribution in [0.3, 0.4) is 0 Å². The molecule has 254 valence electrons. The number of fused-ring (bicyclic) bond motifs is 1. The largest absolute Gasteiger partial charge is 0.497 e. The van der Waals surface area contributed by atoms with Crippen LogP contribution < -0.4 is 14.8 Å². The van der Waals surface area contributed by atoms with Crippen LogP contribution in [0.2, 0.25) is 0 Å². The molecule has 2 aliphatic rings. The number of amides is 1. The van der Waals surface area contributed by atoms with E-state index in [0.717, 1.165) is 17.5 Å². The van der Waals surface area contributed by atoms with Gasteiger partial charge >= 0.3 is 6.09 Å². The van der Waals surface area contributed by atoms with E-state index in [-0.39, 0.29) is 49.1 Å². The number of alkyl carbamates (subject to hydrolysis) is 1. The summed E-state index contributed by atoms with van der Waals surface area (Å²) in [6.45, 7) is 4.91. The number of nitrogens with one attached hydrogen (secondary N) is 1. The normalized spacial score (nSPS) is 20.5. The van der Waals surface area contributed by atoms with E-state index in [1.807, 2.05) is 68.4 Å². The van der Waals surface area contributed by atoms with Crippen molar-refractivity contribution in [3.8, 4) is 11.5 Å². The first kappa shape index (κ1) is 34.6. The van der Waals surface area contributed by atoms with E-state index in [2.05, 4.69) is 5.32 Å². The number of rotatable bonds is 15. The second kappa shape index (κ2) is 15.9. The molecular formula is C35H44N2O9S. The van der Waals surface area contributed by atoms with Crippen molar-refractivity contribution in [3.05, 3.63) is 90.0 Å². The maximum absolute atomic E-state index is 13.8. The predicted octanol–water partition coefficient (Wildman–Crippen LogP) is 4.38. The molecule has 5 rings (SSSR count). The molecule has 47 heavy (non-hydrogen) atoms. The second-order valence-corrected chi connectivity index (χ2v) is 14.2. The van der Waals surface area contributed by atoms with Crippen LogP contribution in [0.25, 0.3) is 0 Å². The Balaban J connectivity index is 1.31. The number of sulfonamides is 1. The van der Waals surface area contributed by atoms with E-state index in [1.165, 1.54) is 23.5 Å². The van der Waals surface area contributed by atoms with Gasteiger partial charge in [0.1, 0.15) is 24.2 Å². The standard InChI is InChI=1S/C35H44N2O9S/c1-24(2)20-37(47(40,41)29-15-13-27(42-3)14-16-29)21-32(38)31(36-35(39)46-33-23-45-34-30(33)17-18-43-34)19-25-9-11-28(12-10-25)44-22-26-7-5-4-6-8-26/h4-16,24,30-34,38H,17-23H2,1-3H3,(H,36,39)/t30-,31?,32-,33-,34+/m0/s1. The van der Waals surface area contributed by atoms with Crippen LogP contribution in [-0.2, 0) is 37.3 Å². The Bertz CT molecular complexity index is 1540. The lowest BCUT2D eigenvalue weighted by Gasteiger charge is -2.31. The fourth-order valence-corrected chi connectivity index (χ4v) is 7.40. The molecule has 0 aliphatic carbocycles. The average molecular weight is 669 g/mol. The first-order valence-electron chi connectivity index (χ1n) is 15.9. The van der Waals surface area contributed by atoms with Crippen molar-refractivity contribution in [1.29, 1.82) is 0 Å². The molecule has 2 saturated heterocycles. The Morgan fingerprint density at radius 3 is 2.34 bits per heavy atom. The first-order chi connectivity index (χ1) is 22.6. The van der Waals surface area contributed by atoms with Crippen molar-refractivity contribution in [2.45, 2.75) is 62.7 Å². The number of nitrogens with zero attached hydrogens (tertiary/aromatic N) is 1. The van der Waals surface area contributed by atoms with Gasteiger partial charge in [-0.15, -0.1) is 0 Å². The lowest BCUT2D eigenvalue weighted by atomic mass is 10.0. The highest BCUT2D eigenvalue weighted by Crippen LogP contribution is 2.33. The maximum atomic E-state index is 13.8. The zero-order valence-electron chi connectivity index (χ0n) is 27.0. The monoisotopic (exact) mass is 668 g/mol. The number of ether oxygens (including phenoxy) is 5. The molecule has 5 atom stereocenters. The molecule has 12 heteroatoms. The molecule has 2 heterocycles. The van der Waals surface area contributed by atoms with Crippen molar-refractivity contribution in [2.24, 2.45) is 11.8 Å². The summed E-state index contributed by atoms with van der Waals surface area (Å²) in [7, 11) is -2.48. The minimum Gasteiger partial charge on any atom is -0.497 e. The molecule has 0 spiro atoms. The average Bonchev–Trinajstić information content (AvgIpc) is 3.69. The van der Waals surface area contributed by atoms with Gasteiger partial charge in [0, 0.05) is 13.1 Å². The van der Waals surface area contributed by atoms with Crippen LogP contribution in [-0.4, -0.2) is 81.9 Å². The molecule has 0 radical (unpaired) electrons. The van der Waals surface area contributed by atoms with E-state index in [1.54, 1.807) is 12.1 Å². The van der Waals surface area contributed by atoms with Gasteiger partial charge in [0.15, 0.2) is 6.29 Å². The Kier molecular flexibility index (Phi) is 11.8. The number of carbonyl (C=O) groups excluding carboxylic acids is 1. The second-order valence-electron chi connectivity index (χ2n) is 12.3. The SMILES string of the molecule is COc1ccc(S(=O)(=O)N(CC(C)C)C[C@H](O)C(Cc2ccc(OCc3ccccc3)cc2)NC(=O)O[C@H]2CO[C@H]3OCC[C@H]32)cc1. The number of methoxy groups -OCH3 is 1. The number of carbonyl (C=O) groups is 1. The van der Waals surface area contributed by atoms with E-state index in [9.17, 15) is 18.3 Å². The Morgan fingerprint density at radius 1 is 0.957 bits per heavy atom. The number of aliphatic hydroxyl groups excluding tert-OH is 1. The number of benzene rings is 3. The van der Waals surface area contributed by atoms with Gasteiger partial charge < -0.3 is 34.1 Å². The molecular weight excluding hydrogens is 624 g/mol. The van der Waals surface area contributed by atoms with Crippen LogP contribution in [0.5, 0.6) is 11.5 Å². The Morgan fingerprint density at radius 2 is 1.66 bits per heavy atom. The molecule has 0 bridgehead atoms.